The third-order valence-corrected chi connectivity index (χ3v) is 4.21. The third kappa shape index (κ3) is 1.34. The molecular weight excluding hydrogens is 272 g/mol. The SMILES string of the molecule is Oc1cc2sc3ccccc3c2cc1Br. The average Bonchev–Trinajstić information content (AvgIpc) is 2.57. The van der Waals surface area contributed by atoms with Gasteiger partial charge in [0.15, 0.2) is 0 Å². The first-order valence-electron chi connectivity index (χ1n) is 4.55. The summed E-state index contributed by atoms with van der Waals surface area (Å²) in [5.41, 5.74) is 0. The number of thiophene rings is 1. The molecular formula is C12H7BrOS. The van der Waals surface area contributed by atoms with Gasteiger partial charge in [0.05, 0.1) is 4.47 Å². The fourth-order valence-corrected chi connectivity index (χ4v) is 3.20. The standard InChI is InChI=1S/C12H7BrOS/c13-9-5-8-7-3-1-2-4-11(7)15-12(8)6-10(9)14/h1-6,14H. The van der Waals surface area contributed by atoms with Crippen LogP contribution in [0.3, 0.4) is 0 Å². The molecule has 0 aliphatic carbocycles. The van der Waals surface area contributed by atoms with Crippen molar-refractivity contribution in [2.45, 2.75) is 0 Å². The van der Waals surface area contributed by atoms with Crippen LogP contribution < -0.4 is 0 Å². The third-order valence-electron chi connectivity index (χ3n) is 2.45. The van der Waals surface area contributed by atoms with Gasteiger partial charge in [-0.1, -0.05) is 18.2 Å². The Kier molecular flexibility index (Phi) is 1.97. The average molecular weight is 279 g/mol. The highest BCUT2D eigenvalue weighted by Crippen LogP contribution is 2.38. The molecule has 74 valence electrons. The minimum Gasteiger partial charge on any atom is -0.507 e. The van der Waals surface area contributed by atoms with Gasteiger partial charge in [-0.15, -0.1) is 11.3 Å². The second-order valence-corrected chi connectivity index (χ2v) is 5.34. The van der Waals surface area contributed by atoms with E-state index in [0.717, 1.165) is 9.17 Å². The first-order chi connectivity index (χ1) is 7.25. The van der Waals surface area contributed by atoms with E-state index in [4.69, 9.17) is 0 Å². The highest BCUT2D eigenvalue weighted by atomic mass is 79.9. The molecule has 3 rings (SSSR count). The van der Waals surface area contributed by atoms with E-state index in [9.17, 15) is 5.11 Å². The van der Waals surface area contributed by atoms with Gasteiger partial charge < -0.3 is 5.11 Å². The number of aromatic hydroxyl groups is 1. The van der Waals surface area contributed by atoms with E-state index in [1.807, 2.05) is 24.3 Å². The Labute approximate surface area is 99.1 Å². The van der Waals surface area contributed by atoms with Crippen LogP contribution in [-0.2, 0) is 0 Å². The number of phenolic OH excluding ortho intramolecular Hbond substituents is 1. The predicted molar refractivity (Wildman–Crippen MR) is 68.7 cm³/mol. The fourth-order valence-electron chi connectivity index (χ4n) is 1.73. The van der Waals surface area contributed by atoms with Crippen molar-refractivity contribution in [1.29, 1.82) is 0 Å². The van der Waals surface area contributed by atoms with E-state index in [-0.39, 0.29) is 0 Å². The molecule has 0 radical (unpaired) electrons. The first-order valence-corrected chi connectivity index (χ1v) is 6.16. The number of rotatable bonds is 0. The number of hydrogen-bond donors (Lipinski definition) is 1. The number of halogens is 1. The molecule has 0 bridgehead atoms. The van der Waals surface area contributed by atoms with E-state index in [1.54, 1.807) is 11.3 Å². The Balaban J connectivity index is 2.56. The van der Waals surface area contributed by atoms with Crippen LogP contribution in [-0.4, -0.2) is 5.11 Å². The summed E-state index contributed by atoms with van der Waals surface area (Å²) in [6.07, 6.45) is 0. The number of benzene rings is 2. The van der Waals surface area contributed by atoms with Crippen molar-refractivity contribution in [2.24, 2.45) is 0 Å². The van der Waals surface area contributed by atoms with Crippen LogP contribution in [0.4, 0.5) is 0 Å². The minimum atomic E-state index is 0.300. The first kappa shape index (κ1) is 9.19. The van der Waals surface area contributed by atoms with Gasteiger partial charge in [-0.05, 0) is 34.1 Å². The smallest absolute Gasteiger partial charge is 0.131 e. The molecule has 1 heterocycles. The van der Waals surface area contributed by atoms with Gasteiger partial charge in [0.1, 0.15) is 5.75 Å². The van der Waals surface area contributed by atoms with E-state index in [0.29, 0.717) is 5.75 Å². The van der Waals surface area contributed by atoms with Crippen molar-refractivity contribution in [1.82, 2.24) is 0 Å². The summed E-state index contributed by atoms with van der Waals surface area (Å²) in [7, 11) is 0. The summed E-state index contributed by atoms with van der Waals surface area (Å²) in [6.45, 7) is 0. The maximum absolute atomic E-state index is 9.60. The molecule has 0 unspecified atom stereocenters. The number of phenols is 1. The maximum atomic E-state index is 9.60. The molecule has 15 heavy (non-hydrogen) atoms. The topological polar surface area (TPSA) is 20.2 Å². The van der Waals surface area contributed by atoms with E-state index < -0.39 is 0 Å². The molecule has 0 saturated heterocycles. The second-order valence-electron chi connectivity index (χ2n) is 3.40. The predicted octanol–water partition coefficient (Wildman–Crippen LogP) is 4.52. The Morgan fingerprint density at radius 3 is 2.67 bits per heavy atom. The van der Waals surface area contributed by atoms with Crippen molar-refractivity contribution < 1.29 is 5.11 Å². The van der Waals surface area contributed by atoms with Crippen molar-refractivity contribution in [2.75, 3.05) is 0 Å². The van der Waals surface area contributed by atoms with Gasteiger partial charge in [0.2, 0.25) is 0 Å². The number of hydrogen-bond acceptors (Lipinski definition) is 2. The lowest BCUT2D eigenvalue weighted by atomic mass is 10.1. The summed E-state index contributed by atoms with van der Waals surface area (Å²) in [5, 5.41) is 12.0. The maximum Gasteiger partial charge on any atom is 0.131 e. The summed E-state index contributed by atoms with van der Waals surface area (Å²) in [5.74, 6) is 0.300. The van der Waals surface area contributed by atoms with Gasteiger partial charge in [0.25, 0.3) is 0 Å². The summed E-state index contributed by atoms with van der Waals surface area (Å²) >= 11 is 5.05. The van der Waals surface area contributed by atoms with Crippen LogP contribution in [0.25, 0.3) is 20.2 Å². The highest BCUT2D eigenvalue weighted by Gasteiger charge is 2.07. The Bertz CT molecular complexity index is 657. The van der Waals surface area contributed by atoms with Crippen molar-refractivity contribution >= 4 is 47.4 Å². The van der Waals surface area contributed by atoms with Gasteiger partial charge >= 0.3 is 0 Å². The zero-order chi connectivity index (χ0) is 10.4. The van der Waals surface area contributed by atoms with Crippen LogP contribution in [0.15, 0.2) is 40.9 Å². The molecule has 3 heteroatoms. The molecule has 2 aromatic carbocycles. The fraction of sp³-hybridized carbons (Fsp3) is 0. The van der Waals surface area contributed by atoms with Crippen molar-refractivity contribution in [3.63, 3.8) is 0 Å². The van der Waals surface area contributed by atoms with Gasteiger partial charge in [-0.2, -0.15) is 0 Å². The van der Waals surface area contributed by atoms with Crippen LogP contribution in [0.5, 0.6) is 5.75 Å². The highest BCUT2D eigenvalue weighted by molar-refractivity contribution is 9.10. The lowest BCUT2D eigenvalue weighted by Crippen LogP contribution is -1.69. The normalized spacial score (nSPS) is 11.3. The summed E-state index contributed by atoms with van der Waals surface area (Å²) < 4.78 is 3.13. The number of fused-ring (bicyclic) bond motifs is 3. The van der Waals surface area contributed by atoms with E-state index in [2.05, 4.69) is 28.1 Å². The molecule has 0 saturated carbocycles. The molecule has 0 amide bonds. The molecule has 3 aromatic rings. The molecule has 0 fully saturated rings. The van der Waals surface area contributed by atoms with Crippen molar-refractivity contribution in [3.8, 4) is 5.75 Å². The lowest BCUT2D eigenvalue weighted by molar-refractivity contribution is 0.473. The van der Waals surface area contributed by atoms with Crippen LogP contribution in [0.2, 0.25) is 0 Å². The monoisotopic (exact) mass is 278 g/mol. The van der Waals surface area contributed by atoms with Crippen molar-refractivity contribution in [3.05, 3.63) is 40.9 Å². The molecule has 1 nitrogen and oxygen atoms in total. The summed E-state index contributed by atoms with van der Waals surface area (Å²) in [4.78, 5) is 0. The molecule has 1 N–H and O–H groups in total. The van der Waals surface area contributed by atoms with Gasteiger partial charge in [-0.25, -0.2) is 0 Å². The van der Waals surface area contributed by atoms with Crippen LogP contribution in [0, 0.1) is 0 Å². The zero-order valence-electron chi connectivity index (χ0n) is 7.70. The molecule has 0 spiro atoms. The Morgan fingerprint density at radius 1 is 1.00 bits per heavy atom. The summed E-state index contributed by atoms with van der Waals surface area (Å²) in [6, 6.07) is 12.1. The zero-order valence-corrected chi connectivity index (χ0v) is 10.1. The van der Waals surface area contributed by atoms with Gasteiger partial charge in [0, 0.05) is 20.2 Å². The molecule has 0 atom stereocenters. The van der Waals surface area contributed by atoms with Gasteiger partial charge in [-0.3, -0.25) is 0 Å². The lowest BCUT2D eigenvalue weighted by Gasteiger charge is -1.96. The van der Waals surface area contributed by atoms with Crippen LogP contribution in [0.1, 0.15) is 0 Å². The second kappa shape index (κ2) is 3.22. The largest absolute Gasteiger partial charge is 0.507 e. The molecule has 0 aliphatic heterocycles. The van der Waals surface area contributed by atoms with E-state index in [1.165, 1.54) is 15.5 Å². The minimum absolute atomic E-state index is 0.300. The van der Waals surface area contributed by atoms with Crippen LogP contribution >= 0.6 is 27.3 Å². The Hall–Kier alpha value is -1.06. The van der Waals surface area contributed by atoms with E-state index >= 15 is 0 Å². The Morgan fingerprint density at radius 2 is 1.80 bits per heavy atom. The molecule has 1 aromatic heterocycles. The quantitative estimate of drug-likeness (QED) is 0.641. The molecule has 0 aliphatic rings.